The largest absolute Gasteiger partial charge is 0.507 e. The van der Waals surface area contributed by atoms with Crippen LogP contribution < -0.4 is 4.74 Å². The molecule has 1 saturated heterocycles. The number of Topliss-reactive ketones (excluding diaryl/α,β-unsaturated/α-hetero) is 1. The molecular weight excluding hydrogens is 474 g/mol. The number of carbonyl (C=O) groups excluding carboxylic acids is 2. The fraction of sp³-hybridized carbons (Fsp3) is 0.333. The van der Waals surface area contributed by atoms with Gasteiger partial charge in [-0.1, -0.05) is 68.8 Å². The van der Waals surface area contributed by atoms with Gasteiger partial charge in [0.15, 0.2) is 0 Å². The van der Waals surface area contributed by atoms with Crippen molar-refractivity contribution in [2.45, 2.75) is 65.5 Å². The van der Waals surface area contributed by atoms with E-state index in [4.69, 9.17) is 4.74 Å². The molecular formula is C33H35NO4. The Bertz CT molecular complexity index is 1440. The maximum Gasteiger partial charge on any atom is 0.295 e. The number of aliphatic hydroxyl groups is 1. The number of likely N-dealkylation sites (tertiary alicyclic amines) is 1. The zero-order chi connectivity index (χ0) is 27.2. The predicted octanol–water partition coefficient (Wildman–Crippen LogP) is 6.55. The molecule has 196 valence electrons. The van der Waals surface area contributed by atoms with Crippen LogP contribution >= 0.6 is 0 Å². The van der Waals surface area contributed by atoms with E-state index in [0.717, 1.165) is 52.0 Å². The van der Waals surface area contributed by atoms with Crippen LogP contribution in [0.1, 0.15) is 72.2 Å². The lowest BCUT2D eigenvalue weighted by molar-refractivity contribution is -0.140. The molecule has 0 bridgehead atoms. The fourth-order valence-electron chi connectivity index (χ4n) is 5.37. The molecule has 5 heteroatoms. The number of amides is 1. The zero-order valence-electron chi connectivity index (χ0n) is 22.8. The standard InChI is InChI=1S/C33H35NO4/c1-20-8-9-21(2)25(17-20)19-34-29(22-10-13-26(14-11-22)33(3,4)5)28(31(36)32(34)37)30(35)24-12-15-27-23(18-24)7-6-16-38-27/h8-15,17-18,29,35H,6-7,16,19H2,1-5H3/b30-28-. The van der Waals surface area contributed by atoms with Gasteiger partial charge in [0.1, 0.15) is 11.5 Å². The lowest BCUT2D eigenvalue weighted by Gasteiger charge is -2.27. The van der Waals surface area contributed by atoms with Crippen molar-refractivity contribution < 1.29 is 19.4 Å². The number of aliphatic hydroxyl groups excluding tert-OH is 1. The van der Waals surface area contributed by atoms with Gasteiger partial charge in [0.05, 0.1) is 18.2 Å². The summed E-state index contributed by atoms with van der Waals surface area (Å²) >= 11 is 0. The molecule has 5 nitrogen and oxygen atoms in total. The molecule has 1 atom stereocenters. The monoisotopic (exact) mass is 509 g/mol. The van der Waals surface area contributed by atoms with Crippen LogP contribution in [-0.2, 0) is 28.0 Å². The van der Waals surface area contributed by atoms with E-state index >= 15 is 0 Å². The Morgan fingerprint density at radius 2 is 1.74 bits per heavy atom. The molecule has 5 rings (SSSR count). The van der Waals surface area contributed by atoms with Gasteiger partial charge < -0.3 is 14.7 Å². The molecule has 0 aliphatic carbocycles. The third-order valence-corrected chi connectivity index (χ3v) is 7.66. The molecule has 0 spiro atoms. The number of ether oxygens (including phenoxy) is 1. The van der Waals surface area contributed by atoms with E-state index in [1.54, 1.807) is 11.0 Å². The van der Waals surface area contributed by atoms with Gasteiger partial charge in [-0.3, -0.25) is 9.59 Å². The van der Waals surface area contributed by atoms with Crippen LogP contribution in [0.5, 0.6) is 5.75 Å². The number of fused-ring (bicyclic) bond motifs is 1. The maximum absolute atomic E-state index is 13.5. The van der Waals surface area contributed by atoms with Crippen molar-refractivity contribution in [3.63, 3.8) is 0 Å². The highest BCUT2D eigenvalue weighted by atomic mass is 16.5. The Hall–Kier alpha value is -3.86. The summed E-state index contributed by atoms with van der Waals surface area (Å²) in [5, 5.41) is 11.5. The highest BCUT2D eigenvalue weighted by Crippen LogP contribution is 2.41. The first-order valence-corrected chi connectivity index (χ1v) is 13.3. The summed E-state index contributed by atoms with van der Waals surface area (Å²) in [6.45, 7) is 11.4. The maximum atomic E-state index is 13.5. The van der Waals surface area contributed by atoms with E-state index < -0.39 is 17.7 Å². The SMILES string of the molecule is Cc1ccc(C)c(CN2C(=O)C(=O)/C(=C(\O)c3ccc4c(c3)CCCO4)C2c2ccc(C(C)(C)C)cc2)c1. The lowest BCUT2D eigenvalue weighted by atomic mass is 9.85. The summed E-state index contributed by atoms with van der Waals surface area (Å²) in [4.78, 5) is 28.6. The van der Waals surface area contributed by atoms with Crippen molar-refractivity contribution in [3.8, 4) is 5.75 Å². The van der Waals surface area contributed by atoms with Gasteiger partial charge in [-0.05, 0) is 78.1 Å². The molecule has 1 N–H and O–H groups in total. The number of hydrogen-bond donors (Lipinski definition) is 1. The van der Waals surface area contributed by atoms with E-state index in [9.17, 15) is 14.7 Å². The Kier molecular flexibility index (Phi) is 6.64. The first-order chi connectivity index (χ1) is 18.0. The van der Waals surface area contributed by atoms with Gasteiger partial charge in [0.2, 0.25) is 0 Å². The molecule has 3 aromatic carbocycles. The van der Waals surface area contributed by atoms with Crippen molar-refractivity contribution in [2.75, 3.05) is 6.61 Å². The van der Waals surface area contributed by atoms with Gasteiger partial charge in [0.25, 0.3) is 11.7 Å². The average molecular weight is 510 g/mol. The van der Waals surface area contributed by atoms with Crippen molar-refractivity contribution in [1.29, 1.82) is 0 Å². The van der Waals surface area contributed by atoms with Crippen LogP contribution in [0, 0.1) is 13.8 Å². The second-order valence-corrected chi connectivity index (χ2v) is 11.5. The van der Waals surface area contributed by atoms with Crippen LogP contribution in [0.3, 0.4) is 0 Å². The van der Waals surface area contributed by atoms with Gasteiger partial charge in [0, 0.05) is 12.1 Å². The Morgan fingerprint density at radius 1 is 1.00 bits per heavy atom. The fourth-order valence-corrected chi connectivity index (χ4v) is 5.37. The first kappa shape index (κ1) is 25.8. The van der Waals surface area contributed by atoms with Gasteiger partial charge >= 0.3 is 0 Å². The van der Waals surface area contributed by atoms with E-state index in [1.165, 1.54) is 0 Å². The van der Waals surface area contributed by atoms with Crippen LogP contribution in [0.2, 0.25) is 0 Å². The molecule has 38 heavy (non-hydrogen) atoms. The number of benzene rings is 3. The molecule has 2 aliphatic rings. The Balaban J connectivity index is 1.64. The summed E-state index contributed by atoms with van der Waals surface area (Å²) in [5.41, 5.74) is 6.68. The quantitative estimate of drug-likeness (QED) is 0.246. The zero-order valence-corrected chi connectivity index (χ0v) is 22.8. The molecule has 0 aromatic heterocycles. The number of aryl methyl sites for hydroxylation is 3. The van der Waals surface area contributed by atoms with E-state index in [2.05, 4.69) is 26.8 Å². The second kappa shape index (κ2) is 9.79. The molecule has 3 aromatic rings. The molecule has 1 unspecified atom stereocenters. The molecule has 1 amide bonds. The smallest absolute Gasteiger partial charge is 0.295 e. The first-order valence-electron chi connectivity index (χ1n) is 13.3. The third kappa shape index (κ3) is 4.73. The van der Waals surface area contributed by atoms with Crippen LogP contribution in [-0.4, -0.2) is 28.3 Å². The molecule has 2 aliphatic heterocycles. The van der Waals surface area contributed by atoms with Crippen molar-refractivity contribution >= 4 is 17.4 Å². The van der Waals surface area contributed by atoms with Crippen LogP contribution in [0.25, 0.3) is 5.76 Å². The summed E-state index contributed by atoms with van der Waals surface area (Å²) in [6, 6.07) is 18.9. The minimum absolute atomic E-state index is 0.0375. The summed E-state index contributed by atoms with van der Waals surface area (Å²) in [7, 11) is 0. The normalized spacial score (nSPS) is 18.9. The average Bonchev–Trinajstić information content (AvgIpc) is 3.14. The molecule has 0 radical (unpaired) electrons. The van der Waals surface area contributed by atoms with E-state index in [-0.39, 0.29) is 23.3 Å². The predicted molar refractivity (Wildman–Crippen MR) is 149 cm³/mol. The van der Waals surface area contributed by atoms with Crippen LogP contribution in [0.4, 0.5) is 0 Å². The molecule has 0 saturated carbocycles. The summed E-state index contributed by atoms with van der Waals surface area (Å²) in [6.07, 6.45) is 1.74. The summed E-state index contributed by atoms with van der Waals surface area (Å²) in [5.74, 6) is -0.604. The number of rotatable bonds is 4. The van der Waals surface area contributed by atoms with Crippen molar-refractivity contribution in [3.05, 3.63) is 105 Å². The minimum Gasteiger partial charge on any atom is -0.507 e. The second-order valence-electron chi connectivity index (χ2n) is 11.5. The highest BCUT2D eigenvalue weighted by Gasteiger charge is 2.46. The summed E-state index contributed by atoms with van der Waals surface area (Å²) < 4.78 is 5.73. The highest BCUT2D eigenvalue weighted by molar-refractivity contribution is 6.46. The Morgan fingerprint density at radius 3 is 2.45 bits per heavy atom. The Labute approximate surface area is 224 Å². The topological polar surface area (TPSA) is 66.8 Å². The van der Waals surface area contributed by atoms with Gasteiger partial charge in [-0.25, -0.2) is 0 Å². The number of carbonyl (C=O) groups is 2. The number of ketones is 1. The number of hydrogen-bond acceptors (Lipinski definition) is 4. The van der Waals surface area contributed by atoms with Crippen molar-refractivity contribution in [2.24, 2.45) is 0 Å². The van der Waals surface area contributed by atoms with Gasteiger partial charge in [-0.15, -0.1) is 0 Å². The minimum atomic E-state index is -0.698. The molecule has 1 fully saturated rings. The lowest BCUT2D eigenvalue weighted by Crippen LogP contribution is -2.29. The van der Waals surface area contributed by atoms with E-state index in [0.29, 0.717) is 12.2 Å². The third-order valence-electron chi connectivity index (χ3n) is 7.66. The van der Waals surface area contributed by atoms with E-state index in [1.807, 2.05) is 62.4 Å². The van der Waals surface area contributed by atoms with Crippen molar-refractivity contribution in [1.82, 2.24) is 4.90 Å². The molecule has 2 heterocycles. The van der Waals surface area contributed by atoms with Crippen LogP contribution in [0.15, 0.2) is 66.2 Å². The number of nitrogens with zero attached hydrogens (tertiary/aromatic N) is 1. The van der Waals surface area contributed by atoms with Gasteiger partial charge in [-0.2, -0.15) is 0 Å².